The minimum atomic E-state index is -0.0187. The van der Waals surface area contributed by atoms with Crippen molar-refractivity contribution in [2.45, 2.75) is 62.2 Å². The zero-order valence-electron chi connectivity index (χ0n) is 18.4. The molecule has 32 heavy (non-hydrogen) atoms. The first-order valence-corrected chi connectivity index (χ1v) is 12.2. The molecule has 0 atom stereocenters. The van der Waals surface area contributed by atoms with Gasteiger partial charge in [0, 0.05) is 24.7 Å². The van der Waals surface area contributed by atoms with E-state index in [1.165, 1.54) is 24.6 Å². The molecule has 9 nitrogen and oxygen atoms in total. The van der Waals surface area contributed by atoms with E-state index in [1.54, 1.807) is 7.11 Å². The number of amides is 2. The average Bonchev–Trinajstić information content (AvgIpc) is 3.50. The Morgan fingerprint density at radius 1 is 1.16 bits per heavy atom. The fourth-order valence-electron chi connectivity index (χ4n) is 4.45. The largest absolute Gasteiger partial charge is 0.496 e. The summed E-state index contributed by atoms with van der Waals surface area (Å²) >= 11 is 1.39. The zero-order chi connectivity index (χ0) is 22.3. The van der Waals surface area contributed by atoms with E-state index in [-0.39, 0.29) is 17.9 Å². The first kappa shape index (κ1) is 22.6. The molecule has 0 unspecified atom stereocenters. The van der Waals surface area contributed by atoms with Gasteiger partial charge >= 0.3 is 0 Å². The van der Waals surface area contributed by atoms with E-state index >= 15 is 0 Å². The monoisotopic (exact) mass is 458 g/mol. The fraction of sp³-hybridized carbons (Fsp3) is 0.591. The lowest BCUT2D eigenvalue weighted by Gasteiger charge is -2.32. The summed E-state index contributed by atoms with van der Waals surface area (Å²) in [7, 11) is 1.62. The number of likely N-dealkylation sites (tertiary alicyclic amines) is 1. The number of hydrogen-bond acceptors (Lipinski definition) is 7. The Morgan fingerprint density at radius 3 is 2.66 bits per heavy atom. The lowest BCUT2D eigenvalue weighted by atomic mass is 10.0. The van der Waals surface area contributed by atoms with Gasteiger partial charge in [0.25, 0.3) is 0 Å². The lowest BCUT2D eigenvalue weighted by molar-refractivity contribution is -0.131. The SMILES string of the molecule is COc1ccccc1CC(=O)N1CCC(NC(=O)CSc2nnnn2C2CCCC2)CC1. The third-order valence-electron chi connectivity index (χ3n) is 6.21. The van der Waals surface area contributed by atoms with Crippen LogP contribution >= 0.6 is 11.8 Å². The number of piperidine rings is 1. The average molecular weight is 459 g/mol. The van der Waals surface area contributed by atoms with Crippen molar-refractivity contribution in [3.05, 3.63) is 29.8 Å². The summed E-state index contributed by atoms with van der Waals surface area (Å²) < 4.78 is 7.22. The minimum Gasteiger partial charge on any atom is -0.496 e. The maximum absolute atomic E-state index is 12.7. The lowest BCUT2D eigenvalue weighted by Crippen LogP contribution is -2.47. The van der Waals surface area contributed by atoms with Gasteiger partial charge in [-0.1, -0.05) is 42.8 Å². The van der Waals surface area contributed by atoms with Crippen LogP contribution in [0, 0.1) is 0 Å². The number of methoxy groups -OCH3 is 1. The number of nitrogens with zero attached hydrogens (tertiary/aromatic N) is 5. The summed E-state index contributed by atoms with van der Waals surface area (Å²) in [6.07, 6.45) is 6.44. The van der Waals surface area contributed by atoms with Gasteiger partial charge in [-0.15, -0.1) is 5.10 Å². The number of benzene rings is 1. The molecule has 1 saturated carbocycles. The predicted molar refractivity (Wildman–Crippen MR) is 120 cm³/mol. The van der Waals surface area contributed by atoms with Crippen LogP contribution in [-0.2, 0) is 16.0 Å². The highest BCUT2D eigenvalue weighted by Gasteiger charge is 2.25. The van der Waals surface area contributed by atoms with Gasteiger partial charge in [-0.05, 0) is 42.2 Å². The Hall–Kier alpha value is -2.62. The number of hydrogen-bond donors (Lipinski definition) is 1. The van der Waals surface area contributed by atoms with Crippen LogP contribution < -0.4 is 10.1 Å². The zero-order valence-corrected chi connectivity index (χ0v) is 19.2. The molecule has 2 aromatic rings. The molecule has 1 aliphatic heterocycles. The summed E-state index contributed by atoms with van der Waals surface area (Å²) in [4.78, 5) is 27.0. The standard InChI is InChI=1S/C22H30N6O3S/c1-31-19-9-5-2-6-16(19)14-21(30)27-12-10-17(11-13-27)23-20(29)15-32-22-24-25-26-28(22)18-7-3-4-8-18/h2,5-6,9,17-18H,3-4,7-8,10-15H2,1H3,(H,23,29). The van der Waals surface area contributed by atoms with Crippen molar-refractivity contribution >= 4 is 23.6 Å². The number of nitrogens with one attached hydrogen (secondary N) is 1. The normalized spacial score (nSPS) is 17.5. The van der Waals surface area contributed by atoms with Crippen LogP contribution in [0.3, 0.4) is 0 Å². The molecule has 10 heteroatoms. The number of tetrazole rings is 1. The molecule has 0 spiro atoms. The van der Waals surface area contributed by atoms with E-state index in [9.17, 15) is 9.59 Å². The molecule has 172 valence electrons. The Bertz CT molecular complexity index is 922. The molecular formula is C22H30N6O3S. The number of carbonyl (C=O) groups excluding carboxylic acids is 2. The van der Waals surface area contributed by atoms with Crippen molar-refractivity contribution in [2.24, 2.45) is 0 Å². The molecule has 1 aliphatic carbocycles. The van der Waals surface area contributed by atoms with Gasteiger partial charge < -0.3 is 15.0 Å². The van der Waals surface area contributed by atoms with E-state index in [0.717, 1.165) is 37.0 Å². The maximum Gasteiger partial charge on any atom is 0.230 e. The van der Waals surface area contributed by atoms with Crippen molar-refractivity contribution < 1.29 is 14.3 Å². The molecule has 1 aromatic carbocycles. The van der Waals surface area contributed by atoms with Gasteiger partial charge in [-0.25, -0.2) is 4.68 Å². The smallest absolute Gasteiger partial charge is 0.230 e. The number of thioether (sulfide) groups is 1. The third-order valence-corrected chi connectivity index (χ3v) is 7.15. The summed E-state index contributed by atoms with van der Waals surface area (Å²) in [5, 5.41) is 15.8. The predicted octanol–water partition coefficient (Wildman–Crippen LogP) is 2.24. The van der Waals surface area contributed by atoms with Crippen molar-refractivity contribution in [2.75, 3.05) is 26.0 Å². The summed E-state index contributed by atoms with van der Waals surface area (Å²) in [5.74, 6) is 1.10. The van der Waals surface area contributed by atoms with Crippen LogP contribution in [0.2, 0.25) is 0 Å². The van der Waals surface area contributed by atoms with Crippen LogP contribution in [0.4, 0.5) is 0 Å². The van der Waals surface area contributed by atoms with E-state index in [2.05, 4.69) is 20.8 Å². The summed E-state index contributed by atoms with van der Waals surface area (Å²) in [6, 6.07) is 8.04. The van der Waals surface area contributed by atoms with Gasteiger partial charge in [0.1, 0.15) is 5.75 Å². The molecular weight excluding hydrogens is 428 g/mol. The molecule has 0 radical (unpaired) electrons. The minimum absolute atomic E-state index is 0.0187. The van der Waals surface area contributed by atoms with Gasteiger partial charge in [-0.2, -0.15) is 0 Å². The Kier molecular flexibility index (Phi) is 7.62. The Balaban J connectivity index is 1.20. The second-order valence-electron chi connectivity index (χ2n) is 8.34. The van der Waals surface area contributed by atoms with Crippen molar-refractivity contribution in [3.63, 3.8) is 0 Å². The van der Waals surface area contributed by atoms with Gasteiger partial charge in [0.05, 0.1) is 25.3 Å². The first-order valence-electron chi connectivity index (χ1n) is 11.2. The van der Waals surface area contributed by atoms with E-state index in [0.29, 0.717) is 36.5 Å². The highest BCUT2D eigenvalue weighted by Crippen LogP contribution is 2.31. The number of carbonyl (C=O) groups is 2. The van der Waals surface area contributed by atoms with Gasteiger partial charge in [0.15, 0.2) is 0 Å². The molecule has 4 rings (SSSR count). The number of para-hydroxylation sites is 1. The number of rotatable bonds is 8. The van der Waals surface area contributed by atoms with Crippen molar-refractivity contribution in [1.82, 2.24) is 30.4 Å². The second-order valence-corrected chi connectivity index (χ2v) is 9.29. The molecule has 1 saturated heterocycles. The van der Waals surface area contributed by atoms with Crippen molar-refractivity contribution in [1.29, 1.82) is 0 Å². The van der Waals surface area contributed by atoms with Crippen LogP contribution in [0.5, 0.6) is 5.75 Å². The maximum atomic E-state index is 12.7. The van der Waals surface area contributed by atoms with Gasteiger partial charge in [0.2, 0.25) is 17.0 Å². The highest BCUT2D eigenvalue weighted by atomic mass is 32.2. The number of ether oxygens (including phenoxy) is 1. The summed E-state index contributed by atoms with van der Waals surface area (Å²) in [5.41, 5.74) is 0.896. The molecule has 0 bridgehead atoms. The fourth-order valence-corrected chi connectivity index (χ4v) is 5.21. The summed E-state index contributed by atoms with van der Waals surface area (Å²) in [6.45, 7) is 1.29. The first-order chi connectivity index (χ1) is 15.6. The second kappa shape index (κ2) is 10.8. The molecule has 2 heterocycles. The van der Waals surface area contributed by atoms with Crippen molar-refractivity contribution in [3.8, 4) is 5.75 Å². The van der Waals surface area contributed by atoms with Crippen LogP contribution in [0.25, 0.3) is 0 Å². The number of aromatic nitrogens is 4. The topological polar surface area (TPSA) is 102 Å². The Labute approximate surface area is 192 Å². The highest BCUT2D eigenvalue weighted by molar-refractivity contribution is 7.99. The Morgan fingerprint density at radius 2 is 1.91 bits per heavy atom. The van der Waals surface area contributed by atoms with Crippen LogP contribution in [-0.4, -0.2) is 68.9 Å². The molecule has 2 fully saturated rings. The third kappa shape index (κ3) is 5.59. The van der Waals surface area contributed by atoms with E-state index in [1.807, 2.05) is 33.8 Å². The molecule has 2 amide bonds. The molecule has 2 aliphatic rings. The van der Waals surface area contributed by atoms with E-state index in [4.69, 9.17) is 4.74 Å². The molecule has 1 N–H and O–H groups in total. The quantitative estimate of drug-likeness (QED) is 0.605. The van der Waals surface area contributed by atoms with Crippen LogP contribution in [0.15, 0.2) is 29.4 Å². The van der Waals surface area contributed by atoms with Gasteiger partial charge in [-0.3, -0.25) is 9.59 Å². The molecule has 1 aromatic heterocycles. The van der Waals surface area contributed by atoms with Crippen LogP contribution in [0.1, 0.15) is 50.1 Å². The van der Waals surface area contributed by atoms with E-state index < -0.39 is 0 Å².